The van der Waals surface area contributed by atoms with Gasteiger partial charge in [-0.3, -0.25) is 4.79 Å². The number of nitrogens with zero attached hydrogens (tertiary/aromatic N) is 3. The topological polar surface area (TPSA) is 38.1 Å². The van der Waals surface area contributed by atoms with E-state index in [0.29, 0.717) is 21.3 Å². The second-order valence-corrected chi connectivity index (χ2v) is 5.23. The average molecular weight is 310 g/mol. The molecule has 2 aromatic rings. The zero-order chi connectivity index (χ0) is 14.7. The summed E-state index contributed by atoms with van der Waals surface area (Å²) in [5, 5.41) is 4.90. The van der Waals surface area contributed by atoms with Crippen LogP contribution in [-0.4, -0.2) is 34.6 Å². The van der Waals surface area contributed by atoms with E-state index in [4.69, 9.17) is 23.2 Å². The molecular weight excluding hydrogens is 297 g/mol. The van der Waals surface area contributed by atoms with Crippen LogP contribution in [0.5, 0.6) is 0 Å². The van der Waals surface area contributed by atoms with Gasteiger partial charge in [-0.2, -0.15) is 5.10 Å². The molecule has 0 unspecified atom stereocenters. The van der Waals surface area contributed by atoms with E-state index in [2.05, 4.69) is 5.10 Å². The molecule has 0 saturated carbocycles. The molecule has 6 heteroatoms. The first-order valence-electron chi connectivity index (χ1n) is 5.87. The Hall–Kier alpha value is -1.78. The van der Waals surface area contributed by atoms with Gasteiger partial charge in [0.25, 0.3) is 0 Å². The molecule has 0 amide bonds. The van der Waals surface area contributed by atoms with Crippen molar-refractivity contribution in [3.8, 4) is 0 Å². The van der Waals surface area contributed by atoms with E-state index in [1.54, 1.807) is 47.8 Å². The monoisotopic (exact) mass is 309 g/mol. The van der Waals surface area contributed by atoms with Gasteiger partial charge in [0.15, 0.2) is 0 Å². The fourth-order valence-electron chi connectivity index (χ4n) is 1.69. The van der Waals surface area contributed by atoms with Crippen molar-refractivity contribution >= 4 is 34.7 Å². The number of carbonyl (C=O) groups is 1. The maximum atomic E-state index is 12.6. The lowest BCUT2D eigenvalue weighted by atomic mass is 10.1. The van der Waals surface area contributed by atoms with Gasteiger partial charge in [-0.25, -0.2) is 4.68 Å². The zero-order valence-corrected chi connectivity index (χ0v) is 12.6. The summed E-state index contributed by atoms with van der Waals surface area (Å²) in [5.41, 5.74) is 0.795. The number of hydrogen-bond acceptors (Lipinski definition) is 3. The molecule has 0 N–H and O–H groups in total. The molecule has 4 nitrogen and oxygen atoms in total. The quantitative estimate of drug-likeness (QED) is 0.641. The van der Waals surface area contributed by atoms with Gasteiger partial charge in [0.1, 0.15) is 5.70 Å². The highest BCUT2D eigenvalue weighted by atomic mass is 35.5. The van der Waals surface area contributed by atoms with Crippen molar-refractivity contribution in [2.24, 2.45) is 0 Å². The predicted octanol–water partition coefficient (Wildman–Crippen LogP) is 3.43. The second kappa shape index (κ2) is 6.11. The minimum absolute atomic E-state index is 0.218. The number of halogens is 2. The van der Waals surface area contributed by atoms with E-state index in [9.17, 15) is 4.79 Å². The van der Waals surface area contributed by atoms with Crippen LogP contribution >= 0.6 is 23.2 Å². The lowest BCUT2D eigenvalue weighted by Gasteiger charge is -2.12. The summed E-state index contributed by atoms with van der Waals surface area (Å²) in [6.07, 6.45) is 5.01. The lowest BCUT2D eigenvalue weighted by molar-refractivity contribution is 0.104. The van der Waals surface area contributed by atoms with Crippen LogP contribution in [-0.2, 0) is 0 Å². The number of ketones is 1. The Kier molecular flexibility index (Phi) is 4.47. The van der Waals surface area contributed by atoms with E-state index >= 15 is 0 Å². The Morgan fingerprint density at radius 3 is 2.65 bits per heavy atom. The highest BCUT2D eigenvalue weighted by molar-refractivity contribution is 6.39. The molecule has 2 rings (SSSR count). The third-order valence-corrected chi connectivity index (χ3v) is 3.09. The van der Waals surface area contributed by atoms with Crippen molar-refractivity contribution in [3.05, 3.63) is 58.5 Å². The van der Waals surface area contributed by atoms with Crippen LogP contribution in [0.25, 0.3) is 5.70 Å². The summed E-state index contributed by atoms with van der Waals surface area (Å²) in [6, 6.07) is 6.55. The molecule has 0 aliphatic rings. The minimum atomic E-state index is -0.218. The third kappa shape index (κ3) is 3.21. The first-order chi connectivity index (χ1) is 9.49. The van der Waals surface area contributed by atoms with Gasteiger partial charge in [-0.1, -0.05) is 23.2 Å². The van der Waals surface area contributed by atoms with Gasteiger partial charge in [0, 0.05) is 43.3 Å². The smallest absolute Gasteiger partial charge is 0.214 e. The zero-order valence-electron chi connectivity index (χ0n) is 11.0. The molecule has 0 aliphatic carbocycles. The van der Waals surface area contributed by atoms with Gasteiger partial charge in [-0.05, 0) is 24.3 Å². The Bertz CT molecular complexity index is 648. The van der Waals surface area contributed by atoms with Crippen LogP contribution in [0.15, 0.2) is 42.9 Å². The highest BCUT2D eigenvalue weighted by Gasteiger charge is 2.18. The van der Waals surface area contributed by atoms with Gasteiger partial charge < -0.3 is 4.90 Å². The molecule has 0 atom stereocenters. The van der Waals surface area contributed by atoms with E-state index < -0.39 is 0 Å². The van der Waals surface area contributed by atoms with Gasteiger partial charge in [0.05, 0.1) is 5.02 Å². The first kappa shape index (κ1) is 14.6. The highest BCUT2D eigenvalue weighted by Crippen LogP contribution is 2.24. The van der Waals surface area contributed by atoms with Crippen molar-refractivity contribution in [3.63, 3.8) is 0 Å². The standard InChI is InChI=1S/C14H13Cl2N3O/c1-18(2)9-13(19-7-3-6-17-19)14(20)11-5-4-10(15)8-12(11)16/h3-9H,1-2H3/b13-9+. The molecular formula is C14H13Cl2N3O. The third-order valence-electron chi connectivity index (χ3n) is 2.54. The normalized spacial score (nSPS) is 11.5. The minimum Gasteiger partial charge on any atom is -0.382 e. The molecule has 1 aromatic heterocycles. The summed E-state index contributed by atoms with van der Waals surface area (Å²) in [7, 11) is 3.67. The Labute approximate surface area is 127 Å². The molecule has 20 heavy (non-hydrogen) atoms. The van der Waals surface area contributed by atoms with Gasteiger partial charge in [-0.15, -0.1) is 0 Å². The number of rotatable bonds is 4. The van der Waals surface area contributed by atoms with Crippen LogP contribution in [0, 0.1) is 0 Å². The molecule has 0 fully saturated rings. The summed E-state index contributed by atoms with van der Waals surface area (Å²) >= 11 is 11.9. The maximum Gasteiger partial charge on any atom is 0.214 e. The summed E-state index contributed by atoms with van der Waals surface area (Å²) < 4.78 is 1.51. The summed E-state index contributed by atoms with van der Waals surface area (Å²) in [4.78, 5) is 14.4. The van der Waals surface area contributed by atoms with Crippen molar-refractivity contribution in [2.45, 2.75) is 0 Å². The van der Waals surface area contributed by atoms with Gasteiger partial charge >= 0.3 is 0 Å². The molecule has 104 valence electrons. The SMILES string of the molecule is CN(C)/C=C(\C(=O)c1ccc(Cl)cc1Cl)n1cccn1. The van der Waals surface area contributed by atoms with Crippen LogP contribution in [0.4, 0.5) is 0 Å². The Morgan fingerprint density at radius 2 is 2.10 bits per heavy atom. The van der Waals surface area contributed by atoms with Crippen molar-refractivity contribution < 1.29 is 4.79 Å². The van der Waals surface area contributed by atoms with Crippen LogP contribution < -0.4 is 0 Å². The van der Waals surface area contributed by atoms with Crippen molar-refractivity contribution in [2.75, 3.05) is 14.1 Å². The molecule has 0 spiro atoms. The first-order valence-corrected chi connectivity index (χ1v) is 6.62. The Morgan fingerprint density at radius 1 is 1.35 bits per heavy atom. The van der Waals surface area contributed by atoms with Crippen molar-refractivity contribution in [1.82, 2.24) is 14.7 Å². The van der Waals surface area contributed by atoms with Crippen LogP contribution in [0.3, 0.4) is 0 Å². The van der Waals surface area contributed by atoms with E-state index in [-0.39, 0.29) is 5.78 Å². The molecule has 1 heterocycles. The molecule has 0 saturated heterocycles. The predicted molar refractivity (Wildman–Crippen MR) is 81.0 cm³/mol. The summed E-state index contributed by atoms with van der Waals surface area (Å²) in [6.45, 7) is 0. The van der Waals surface area contributed by atoms with E-state index in [1.165, 1.54) is 4.68 Å². The number of Topliss-reactive ketones (excluding diaryl/α,β-unsaturated/α-hetero) is 1. The van der Waals surface area contributed by atoms with E-state index in [0.717, 1.165) is 0 Å². The Balaban J connectivity index is 2.47. The number of allylic oxidation sites excluding steroid dienone is 1. The lowest BCUT2D eigenvalue weighted by Crippen LogP contribution is -2.14. The fraction of sp³-hybridized carbons (Fsp3) is 0.143. The maximum absolute atomic E-state index is 12.6. The van der Waals surface area contributed by atoms with Crippen molar-refractivity contribution in [1.29, 1.82) is 0 Å². The van der Waals surface area contributed by atoms with E-state index in [1.807, 2.05) is 14.1 Å². The average Bonchev–Trinajstić information content (AvgIpc) is 2.88. The van der Waals surface area contributed by atoms with Crippen LogP contribution in [0.2, 0.25) is 10.0 Å². The number of benzene rings is 1. The molecule has 0 aliphatic heterocycles. The number of aromatic nitrogens is 2. The van der Waals surface area contributed by atoms with Crippen LogP contribution in [0.1, 0.15) is 10.4 Å². The van der Waals surface area contributed by atoms with Gasteiger partial charge in [0.2, 0.25) is 5.78 Å². The number of hydrogen-bond donors (Lipinski definition) is 0. The molecule has 0 radical (unpaired) electrons. The fourth-order valence-corrected chi connectivity index (χ4v) is 2.18. The largest absolute Gasteiger partial charge is 0.382 e. The number of carbonyl (C=O) groups excluding carboxylic acids is 1. The molecule has 1 aromatic carbocycles. The summed E-state index contributed by atoms with van der Waals surface area (Å²) in [5.74, 6) is -0.218. The second-order valence-electron chi connectivity index (χ2n) is 4.38. The molecule has 0 bridgehead atoms.